The van der Waals surface area contributed by atoms with Crippen LogP contribution in [0.15, 0.2) is 35.5 Å². The van der Waals surface area contributed by atoms with Crippen molar-refractivity contribution in [2.75, 3.05) is 6.61 Å². The Kier molecular flexibility index (Phi) is 7.22. The van der Waals surface area contributed by atoms with Crippen LogP contribution in [0.25, 0.3) is 0 Å². The molecule has 0 spiro atoms. The van der Waals surface area contributed by atoms with E-state index in [1.807, 2.05) is 39.8 Å². The molecule has 0 saturated carbocycles. The number of aromatic carboxylic acids is 1. The van der Waals surface area contributed by atoms with Crippen LogP contribution < -0.4 is 4.74 Å². The molecular formula is C23H31NO4S. The molecule has 1 atom stereocenters. The van der Waals surface area contributed by atoms with Gasteiger partial charge in [0.2, 0.25) is 0 Å². The molecule has 2 aromatic rings. The molecule has 0 radical (unpaired) electrons. The van der Waals surface area contributed by atoms with E-state index in [4.69, 9.17) is 4.74 Å². The van der Waals surface area contributed by atoms with Gasteiger partial charge in [0.05, 0.1) is 0 Å². The van der Waals surface area contributed by atoms with Crippen LogP contribution in [0.5, 0.6) is 5.75 Å². The van der Waals surface area contributed by atoms with Gasteiger partial charge in [-0.1, -0.05) is 51.9 Å². The van der Waals surface area contributed by atoms with E-state index in [0.717, 1.165) is 34.6 Å². The van der Waals surface area contributed by atoms with Crippen LogP contribution in [0.1, 0.15) is 73.1 Å². The van der Waals surface area contributed by atoms with E-state index in [1.165, 1.54) is 11.3 Å². The summed E-state index contributed by atoms with van der Waals surface area (Å²) in [7, 11) is 0. The van der Waals surface area contributed by atoms with Crippen molar-refractivity contribution in [1.82, 2.24) is 0 Å². The highest BCUT2D eigenvalue weighted by Gasteiger charge is 2.33. The Morgan fingerprint density at radius 3 is 2.28 bits per heavy atom. The molecule has 158 valence electrons. The summed E-state index contributed by atoms with van der Waals surface area (Å²) < 4.78 is 5.92. The number of carboxylic acid groups (broad SMARTS) is 1. The second-order valence-corrected chi connectivity index (χ2v) is 9.62. The molecule has 0 saturated heterocycles. The van der Waals surface area contributed by atoms with E-state index in [0.29, 0.717) is 4.88 Å². The van der Waals surface area contributed by atoms with Gasteiger partial charge in [-0.3, -0.25) is 0 Å². The number of rotatable bonds is 9. The number of ether oxygens (including phenoxy) is 1. The number of carbonyl (C=O) groups is 1. The first kappa shape index (κ1) is 23.1. The fourth-order valence-corrected chi connectivity index (χ4v) is 4.77. The minimum Gasteiger partial charge on any atom is -0.491 e. The Balaban J connectivity index is 2.34. The topological polar surface area (TPSA) is 76.0 Å². The van der Waals surface area contributed by atoms with Crippen molar-refractivity contribution in [2.45, 2.75) is 65.8 Å². The standard InChI is InChI=1S/C23H31NO4S/c1-7-23(8-2,20-12-11-18(29-20)21(25)26)16-9-10-17(15(3)13-16)28-14-19(24-27)22(4,5)6/h9-13,19H,7-8,14H2,1-6H3,(H,25,26). The van der Waals surface area contributed by atoms with Crippen LogP contribution in [0, 0.1) is 17.2 Å². The lowest BCUT2D eigenvalue weighted by Gasteiger charge is -2.32. The highest BCUT2D eigenvalue weighted by atomic mass is 32.1. The van der Waals surface area contributed by atoms with E-state index in [-0.39, 0.29) is 17.4 Å². The zero-order valence-corrected chi connectivity index (χ0v) is 18.9. The summed E-state index contributed by atoms with van der Waals surface area (Å²) in [5.41, 5.74) is 1.64. The van der Waals surface area contributed by atoms with Crippen LogP contribution in [-0.2, 0) is 5.41 Å². The molecule has 0 bridgehead atoms. The molecule has 1 heterocycles. The van der Waals surface area contributed by atoms with Gasteiger partial charge in [0.25, 0.3) is 0 Å². The lowest BCUT2D eigenvalue weighted by molar-refractivity contribution is 0.0702. The second kappa shape index (κ2) is 9.08. The molecule has 0 aliphatic carbocycles. The van der Waals surface area contributed by atoms with E-state index in [9.17, 15) is 14.8 Å². The van der Waals surface area contributed by atoms with Crippen molar-refractivity contribution < 1.29 is 14.6 Å². The van der Waals surface area contributed by atoms with Crippen molar-refractivity contribution in [2.24, 2.45) is 10.6 Å². The third-order valence-electron chi connectivity index (χ3n) is 5.75. The molecule has 1 aromatic carbocycles. The smallest absolute Gasteiger partial charge is 0.345 e. The Morgan fingerprint density at radius 2 is 1.83 bits per heavy atom. The van der Waals surface area contributed by atoms with Gasteiger partial charge in [0.15, 0.2) is 0 Å². The van der Waals surface area contributed by atoms with Crippen LogP contribution >= 0.6 is 11.3 Å². The number of hydrogen-bond acceptors (Lipinski definition) is 5. The molecule has 0 aliphatic rings. The first-order valence-electron chi connectivity index (χ1n) is 9.99. The van der Waals surface area contributed by atoms with E-state index in [2.05, 4.69) is 31.2 Å². The van der Waals surface area contributed by atoms with Crippen LogP contribution in [-0.4, -0.2) is 23.7 Å². The number of aryl methyl sites for hydroxylation is 1. The SMILES string of the molecule is CCC(CC)(c1ccc(OCC(N=O)C(C)(C)C)c(C)c1)c1ccc(C(=O)O)s1. The van der Waals surface area contributed by atoms with E-state index in [1.54, 1.807) is 6.07 Å². The average Bonchev–Trinajstić information content (AvgIpc) is 3.15. The van der Waals surface area contributed by atoms with E-state index >= 15 is 0 Å². The summed E-state index contributed by atoms with van der Waals surface area (Å²) in [4.78, 5) is 23.9. The van der Waals surface area contributed by atoms with Crippen LogP contribution in [0.3, 0.4) is 0 Å². The van der Waals surface area contributed by atoms with Crippen molar-refractivity contribution in [3.63, 3.8) is 0 Å². The van der Waals surface area contributed by atoms with Gasteiger partial charge < -0.3 is 9.84 Å². The largest absolute Gasteiger partial charge is 0.491 e. The normalized spacial score (nSPS) is 13.2. The summed E-state index contributed by atoms with van der Waals surface area (Å²) in [6.45, 7) is 12.4. The lowest BCUT2D eigenvalue weighted by Crippen LogP contribution is -2.30. The van der Waals surface area contributed by atoms with Gasteiger partial charge in [-0.2, -0.15) is 4.91 Å². The summed E-state index contributed by atoms with van der Waals surface area (Å²) in [6.07, 6.45) is 1.73. The quantitative estimate of drug-likeness (QED) is 0.478. The van der Waals surface area contributed by atoms with Crippen LogP contribution in [0.2, 0.25) is 0 Å². The molecule has 1 aromatic heterocycles. The molecule has 0 amide bonds. The summed E-state index contributed by atoms with van der Waals surface area (Å²) in [5, 5.41) is 12.5. The monoisotopic (exact) mass is 417 g/mol. The van der Waals surface area contributed by atoms with Crippen molar-refractivity contribution in [3.8, 4) is 5.75 Å². The van der Waals surface area contributed by atoms with Crippen molar-refractivity contribution in [3.05, 3.63) is 56.1 Å². The number of thiophene rings is 1. The molecule has 0 aliphatic heterocycles. The van der Waals surface area contributed by atoms with Gasteiger partial charge >= 0.3 is 5.97 Å². The third kappa shape index (κ3) is 4.86. The first-order valence-corrected chi connectivity index (χ1v) is 10.8. The Labute approximate surface area is 177 Å². The number of nitrogens with zero attached hydrogens (tertiary/aromatic N) is 1. The Bertz CT molecular complexity index is 862. The molecule has 1 N–H and O–H groups in total. The third-order valence-corrected chi connectivity index (χ3v) is 7.02. The second-order valence-electron chi connectivity index (χ2n) is 8.54. The predicted molar refractivity (Wildman–Crippen MR) is 118 cm³/mol. The fraction of sp³-hybridized carbons (Fsp3) is 0.522. The number of benzene rings is 1. The van der Waals surface area contributed by atoms with Gasteiger partial charge in [-0.15, -0.1) is 11.3 Å². The molecule has 29 heavy (non-hydrogen) atoms. The predicted octanol–water partition coefficient (Wildman–Crippen LogP) is 6.42. The van der Waals surface area contributed by atoms with Gasteiger partial charge in [-0.05, 0) is 54.5 Å². The van der Waals surface area contributed by atoms with Crippen molar-refractivity contribution in [1.29, 1.82) is 0 Å². The van der Waals surface area contributed by atoms with Crippen molar-refractivity contribution >= 4 is 17.3 Å². The maximum atomic E-state index is 11.3. The maximum absolute atomic E-state index is 11.3. The zero-order valence-electron chi connectivity index (χ0n) is 18.1. The lowest BCUT2D eigenvalue weighted by atomic mass is 9.74. The minimum atomic E-state index is -0.889. The summed E-state index contributed by atoms with van der Waals surface area (Å²) in [5.74, 6) is -0.148. The number of hydrogen-bond donors (Lipinski definition) is 1. The molecular weight excluding hydrogens is 386 g/mol. The van der Waals surface area contributed by atoms with Gasteiger partial charge in [0, 0.05) is 10.3 Å². The molecule has 2 rings (SSSR count). The summed E-state index contributed by atoms with van der Waals surface area (Å²) >= 11 is 1.34. The molecule has 1 unspecified atom stereocenters. The Morgan fingerprint density at radius 1 is 1.17 bits per heavy atom. The van der Waals surface area contributed by atoms with E-state index < -0.39 is 12.0 Å². The number of carboxylic acids is 1. The molecule has 0 fully saturated rings. The zero-order chi connectivity index (χ0) is 21.8. The first-order chi connectivity index (χ1) is 13.6. The highest BCUT2D eigenvalue weighted by molar-refractivity contribution is 7.14. The van der Waals surface area contributed by atoms with Crippen LogP contribution in [0.4, 0.5) is 0 Å². The van der Waals surface area contributed by atoms with Gasteiger partial charge in [-0.25, -0.2) is 4.79 Å². The number of nitroso groups, excluding NO2 is 1. The molecule has 5 nitrogen and oxygen atoms in total. The minimum absolute atomic E-state index is 0.236. The summed E-state index contributed by atoms with van der Waals surface area (Å²) in [6, 6.07) is 9.31. The van der Waals surface area contributed by atoms with Gasteiger partial charge in [0.1, 0.15) is 23.3 Å². The fourth-order valence-electron chi connectivity index (χ4n) is 3.58. The molecule has 6 heteroatoms. The average molecular weight is 418 g/mol. The highest BCUT2D eigenvalue weighted by Crippen LogP contribution is 2.43. The maximum Gasteiger partial charge on any atom is 0.345 e. The Hall–Kier alpha value is -2.21.